The zero-order valence-corrected chi connectivity index (χ0v) is 11.2. The Labute approximate surface area is 122 Å². The maximum Gasteiger partial charge on any atom is 0.259 e. The van der Waals surface area contributed by atoms with Crippen LogP contribution >= 0.6 is 0 Å². The van der Waals surface area contributed by atoms with E-state index in [9.17, 15) is 13.6 Å². The van der Waals surface area contributed by atoms with Gasteiger partial charge in [-0.1, -0.05) is 12.1 Å². The molecule has 0 unspecified atom stereocenters. The Morgan fingerprint density at radius 3 is 2.73 bits per heavy atom. The molecule has 108 valence electrons. The lowest BCUT2D eigenvalue weighted by Crippen LogP contribution is -2.09. The van der Waals surface area contributed by atoms with Crippen molar-refractivity contribution < 1.29 is 8.78 Å². The zero-order chi connectivity index (χ0) is 15.3. The normalized spacial score (nSPS) is 11.4. The van der Waals surface area contributed by atoms with Crippen LogP contribution in [0.5, 0.6) is 0 Å². The quantitative estimate of drug-likeness (QED) is 0.587. The Kier molecular flexibility index (Phi) is 2.59. The average molecular weight is 297 g/mol. The first kappa shape index (κ1) is 12.7. The molecule has 4 rings (SSSR count). The van der Waals surface area contributed by atoms with Gasteiger partial charge in [0, 0.05) is 11.6 Å². The van der Waals surface area contributed by atoms with Crippen molar-refractivity contribution >= 4 is 16.6 Å². The number of fused-ring (bicyclic) bond motifs is 3. The molecular weight excluding hydrogens is 288 g/mol. The van der Waals surface area contributed by atoms with Gasteiger partial charge in [-0.25, -0.2) is 13.3 Å². The van der Waals surface area contributed by atoms with E-state index in [4.69, 9.17) is 0 Å². The van der Waals surface area contributed by atoms with E-state index in [0.29, 0.717) is 16.6 Å². The highest BCUT2D eigenvalue weighted by Gasteiger charge is 2.13. The molecule has 0 saturated heterocycles. The summed E-state index contributed by atoms with van der Waals surface area (Å²) in [5.74, 6) is -1.12. The second-order valence-electron chi connectivity index (χ2n) is 4.92. The molecule has 6 heteroatoms. The topological polar surface area (TPSA) is 50.2 Å². The number of aromatic nitrogens is 3. The van der Waals surface area contributed by atoms with Crippen LogP contribution in [0.25, 0.3) is 27.8 Å². The predicted octanol–water partition coefficient (Wildman–Crippen LogP) is 3.12. The van der Waals surface area contributed by atoms with Crippen LogP contribution in [0.2, 0.25) is 0 Å². The Bertz CT molecular complexity index is 1080. The van der Waals surface area contributed by atoms with E-state index in [1.54, 1.807) is 24.3 Å². The molecule has 2 aromatic heterocycles. The molecule has 0 radical (unpaired) electrons. The Morgan fingerprint density at radius 1 is 1.05 bits per heavy atom. The second-order valence-corrected chi connectivity index (χ2v) is 4.92. The molecule has 0 atom stereocenters. The van der Waals surface area contributed by atoms with Crippen molar-refractivity contribution in [1.29, 1.82) is 0 Å². The van der Waals surface area contributed by atoms with Gasteiger partial charge >= 0.3 is 0 Å². The van der Waals surface area contributed by atoms with Crippen molar-refractivity contribution in [1.82, 2.24) is 14.6 Å². The molecule has 2 heterocycles. The van der Waals surface area contributed by atoms with Crippen molar-refractivity contribution in [2.45, 2.75) is 0 Å². The minimum atomic E-state index is -0.573. The lowest BCUT2D eigenvalue weighted by Gasteiger charge is -2.00. The lowest BCUT2D eigenvalue weighted by molar-refractivity contribution is 0.602. The first-order chi connectivity index (χ1) is 10.6. The fourth-order valence-electron chi connectivity index (χ4n) is 2.51. The summed E-state index contributed by atoms with van der Waals surface area (Å²) in [5.41, 5.74) is 1.07. The summed E-state index contributed by atoms with van der Waals surface area (Å²) >= 11 is 0. The Morgan fingerprint density at radius 2 is 1.86 bits per heavy atom. The zero-order valence-electron chi connectivity index (χ0n) is 11.2. The molecular formula is C16H9F2N3O. The van der Waals surface area contributed by atoms with Crippen LogP contribution in [-0.2, 0) is 0 Å². The molecule has 4 nitrogen and oxygen atoms in total. The predicted molar refractivity (Wildman–Crippen MR) is 78.7 cm³/mol. The van der Waals surface area contributed by atoms with Crippen molar-refractivity contribution in [3.8, 4) is 11.3 Å². The van der Waals surface area contributed by atoms with Gasteiger partial charge in [-0.05, 0) is 30.3 Å². The molecule has 0 aliphatic rings. The monoisotopic (exact) mass is 297 g/mol. The fourth-order valence-corrected chi connectivity index (χ4v) is 2.51. The van der Waals surface area contributed by atoms with Crippen molar-refractivity contribution in [2.24, 2.45) is 0 Å². The summed E-state index contributed by atoms with van der Waals surface area (Å²) in [7, 11) is 0. The number of aromatic amines is 1. The molecule has 1 N–H and O–H groups in total. The Balaban J connectivity index is 2.08. The number of hydrogen-bond acceptors (Lipinski definition) is 2. The van der Waals surface area contributed by atoms with Crippen LogP contribution in [0.1, 0.15) is 0 Å². The number of rotatable bonds is 1. The number of halogens is 2. The highest BCUT2D eigenvalue weighted by molar-refractivity contribution is 5.81. The van der Waals surface area contributed by atoms with Crippen molar-refractivity contribution in [3.05, 3.63) is 70.5 Å². The van der Waals surface area contributed by atoms with Gasteiger partial charge in [-0.15, -0.1) is 0 Å². The molecule has 0 amide bonds. The van der Waals surface area contributed by atoms with Crippen LogP contribution in [0, 0.1) is 11.6 Å². The van der Waals surface area contributed by atoms with Gasteiger partial charge in [-0.3, -0.25) is 4.79 Å². The van der Waals surface area contributed by atoms with E-state index in [0.717, 1.165) is 18.2 Å². The van der Waals surface area contributed by atoms with E-state index in [1.807, 2.05) is 0 Å². The third kappa shape index (κ3) is 1.81. The van der Waals surface area contributed by atoms with Gasteiger partial charge in [-0.2, -0.15) is 5.10 Å². The summed E-state index contributed by atoms with van der Waals surface area (Å²) in [6.45, 7) is 0. The van der Waals surface area contributed by atoms with Crippen LogP contribution in [0.15, 0.2) is 53.3 Å². The van der Waals surface area contributed by atoms with E-state index >= 15 is 0 Å². The Hall–Kier alpha value is -3.02. The molecule has 0 fully saturated rings. The van der Waals surface area contributed by atoms with Gasteiger partial charge < -0.3 is 4.98 Å². The highest BCUT2D eigenvalue weighted by atomic mass is 19.1. The number of H-pyrrole nitrogens is 1. The third-order valence-corrected chi connectivity index (χ3v) is 3.53. The molecule has 4 aromatic rings. The van der Waals surface area contributed by atoms with Gasteiger partial charge in [0.25, 0.3) is 5.56 Å². The van der Waals surface area contributed by atoms with E-state index in [2.05, 4.69) is 10.1 Å². The van der Waals surface area contributed by atoms with Crippen LogP contribution < -0.4 is 5.56 Å². The second kappa shape index (κ2) is 4.49. The summed E-state index contributed by atoms with van der Waals surface area (Å²) in [6.07, 6.45) is 0. The smallest absolute Gasteiger partial charge is 0.259 e. The maximum absolute atomic E-state index is 13.9. The number of benzene rings is 2. The van der Waals surface area contributed by atoms with E-state index in [-0.39, 0.29) is 16.8 Å². The van der Waals surface area contributed by atoms with Gasteiger partial charge in [0.15, 0.2) is 0 Å². The summed E-state index contributed by atoms with van der Waals surface area (Å²) < 4.78 is 28.7. The van der Waals surface area contributed by atoms with E-state index < -0.39 is 11.6 Å². The standard InChI is InChI=1S/C16H9F2N3O/c17-9-5-6-12(18)11(7-9)13-8-15-19-16(22)10-3-1-2-4-14(10)21(15)20-13/h1-8H,(H,19,22). The van der Waals surface area contributed by atoms with E-state index in [1.165, 1.54) is 10.6 Å². The number of nitrogens with one attached hydrogen (secondary N) is 1. The van der Waals surface area contributed by atoms with Gasteiger partial charge in [0.05, 0.1) is 16.6 Å². The van der Waals surface area contributed by atoms with Gasteiger partial charge in [0.2, 0.25) is 0 Å². The summed E-state index contributed by atoms with van der Waals surface area (Å²) in [6, 6.07) is 11.7. The van der Waals surface area contributed by atoms with Crippen molar-refractivity contribution in [3.63, 3.8) is 0 Å². The first-order valence-corrected chi connectivity index (χ1v) is 6.60. The molecule has 0 aliphatic carbocycles. The van der Waals surface area contributed by atoms with Crippen LogP contribution in [-0.4, -0.2) is 14.6 Å². The van der Waals surface area contributed by atoms with Gasteiger partial charge in [0.1, 0.15) is 17.3 Å². The molecule has 0 aliphatic heterocycles. The molecule has 0 saturated carbocycles. The maximum atomic E-state index is 13.9. The number of hydrogen-bond donors (Lipinski definition) is 1. The minimum Gasteiger partial charge on any atom is -0.306 e. The van der Waals surface area contributed by atoms with Crippen LogP contribution in [0.3, 0.4) is 0 Å². The molecule has 0 spiro atoms. The average Bonchev–Trinajstić information content (AvgIpc) is 2.94. The molecule has 2 aromatic carbocycles. The fraction of sp³-hybridized carbons (Fsp3) is 0. The minimum absolute atomic E-state index is 0.0497. The summed E-state index contributed by atoms with van der Waals surface area (Å²) in [4.78, 5) is 14.7. The van der Waals surface area contributed by atoms with Crippen LogP contribution in [0.4, 0.5) is 8.78 Å². The molecule has 0 bridgehead atoms. The van der Waals surface area contributed by atoms with Crippen molar-refractivity contribution in [2.75, 3.05) is 0 Å². The SMILES string of the molecule is O=c1[nH]c2cc(-c3cc(F)ccc3F)nn2c2ccccc12. The largest absolute Gasteiger partial charge is 0.306 e. The highest BCUT2D eigenvalue weighted by Crippen LogP contribution is 2.24. The number of para-hydroxylation sites is 1. The lowest BCUT2D eigenvalue weighted by atomic mass is 10.1. The molecule has 22 heavy (non-hydrogen) atoms. The summed E-state index contributed by atoms with van der Waals surface area (Å²) in [5, 5.41) is 4.77. The first-order valence-electron chi connectivity index (χ1n) is 6.60. The number of nitrogens with zero attached hydrogens (tertiary/aromatic N) is 2. The third-order valence-electron chi connectivity index (χ3n) is 3.53.